The van der Waals surface area contributed by atoms with Crippen LogP contribution in [0.15, 0.2) is 12.4 Å². The third-order valence-electron chi connectivity index (χ3n) is 4.05. The lowest BCUT2D eigenvalue weighted by Gasteiger charge is -2.26. The molecule has 0 bridgehead atoms. The van der Waals surface area contributed by atoms with Gasteiger partial charge in [-0.1, -0.05) is 0 Å². The molecule has 0 amide bonds. The van der Waals surface area contributed by atoms with Crippen LogP contribution in [0, 0.1) is 0 Å². The number of nitrogens with two attached hydrogens (primary N) is 1. The molecule has 106 valence electrons. The second kappa shape index (κ2) is 5.30. The Balaban J connectivity index is 1.97. The van der Waals surface area contributed by atoms with Gasteiger partial charge in [0.05, 0.1) is 13.7 Å². The van der Waals surface area contributed by atoms with Crippen LogP contribution in [0.2, 0.25) is 0 Å². The van der Waals surface area contributed by atoms with Gasteiger partial charge in [-0.25, -0.2) is 4.98 Å². The lowest BCUT2D eigenvalue weighted by molar-refractivity contribution is -0.146. The van der Waals surface area contributed by atoms with Gasteiger partial charge in [-0.2, -0.15) is 0 Å². The summed E-state index contributed by atoms with van der Waals surface area (Å²) < 4.78 is 6.79. The first-order chi connectivity index (χ1) is 8.96. The maximum atomic E-state index is 11.7. The molecule has 2 unspecified atom stereocenters. The highest BCUT2D eigenvalue weighted by molar-refractivity contribution is 5.81. The van der Waals surface area contributed by atoms with Gasteiger partial charge >= 0.3 is 5.97 Å². The van der Waals surface area contributed by atoms with Gasteiger partial charge in [0, 0.05) is 25.5 Å². The molecule has 6 heteroatoms. The summed E-state index contributed by atoms with van der Waals surface area (Å²) in [6.07, 6.45) is 5.95. The van der Waals surface area contributed by atoms with E-state index in [0.717, 1.165) is 18.8 Å². The molecule has 1 saturated carbocycles. The van der Waals surface area contributed by atoms with E-state index in [1.165, 1.54) is 7.11 Å². The first kappa shape index (κ1) is 14.0. The predicted molar refractivity (Wildman–Crippen MR) is 71.2 cm³/mol. The van der Waals surface area contributed by atoms with E-state index in [1.54, 1.807) is 6.20 Å². The van der Waals surface area contributed by atoms with E-state index in [2.05, 4.69) is 9.88 Å². The molecule has 1 heterocycles. The largest absolute Gasteiger partial charge is 0.468 e. The normalized spacial score (nSPS) is 26.9. The van der Waals surface area contributed by atoms with Crippen molar-refractivity contribution in [3.05, 3.63) is 18.2 Å². The Labute approximate surface area is 113 Å². The number of hydrogen-bond acceptors (Lipinski definition) is 5. The van der Waals surface area contributed by atoms with E-state index >= 15 is 0 Å². The monoisotopic (exact) mass is 266 g/mol. The molecule has 1 aliphatic carbocycles. The highest BCUT2D eigenvalue weighted by Gasteiger charge is 2.44. The fourth-order valence-electron chi connectivity index (χ4n) is 2.71. The van der Waals surface area contributed by atoms with Crippen LogP contribution in [-0.2, 0) is 23.1 Å². The molecule has 2 rings (SSSR count). The Bertz CT molecular complexity index is 459. The minimum atomic E-state index is -0.824. The van der Waals surface area contributed by atoms with Crippen LogP contribution in [-0.4, -0.2) is 46.2 Å². The van der Waals surface area contributed by atoms with Crippen molar-refractivity contribution in [1.29, 1.82) is 0 Å². The van der Waals surface area contributed by atoms with Gasteiger partial charge in [0.1, 0.15) is 11.4 Å². The van der Waals surface area contributed by atoms with Crippen molar-refractivity contribution in [2.75, 3.05) is 14.2 Å². The number of carbonyl (C=O) groups excluding carboxylic acids is 1. The number of rotatable bonds is 4. The summed E-state index contributed by atoms with van der Waals surface area (Å²) in [5.41, 5.74) is 5.30. The highest BCUT2D eigenvalue weighted by atomic mass is 16.5. The molecular weight excluding hydrogens is 244 g/mol. The summed E-state index contributed by atoms with van der Waals surface area (Å²) in [5.74, 6) is 0.704. The van der Waals surface area contributed by atoms with Crippen molar-refractivity contribution in [3.63, 3.8) is 0 Å². The van der Waals surface area contributed by atoms with Gasteiger partial charge in [0.15, 0.2) is 0 Å². The van der Waals surface area contributed by atoms with Crippen molar-refractivity contribution < 1.29 is 9.53 Å². The zero-order valence-corrected chi connectivity index (χ0v) is 11.8. The molecule has 0 saturated heterocycles. The van der Waals surface area contributed by atoms with Gasteiger partial charge in [-0.05, 0) is 26.3 Å². The Morgan fingerprint density at radius 3 is 3.05 bits per heavy atom. The zero-order valence-electron chi connectivity index (χ0n) is 11.8. The van der Waals surface area contributed by atoms with Gasteiger partial charge in [-0.15, -0.1) is 0 Å². The first-order valence-corrected chi connectivity index (χ1v) is 6.50. The van der Waals surface area contributed by atoms with E-state index in [4.69, 9.17) is 10.5 Å². The number of hydrogen-bond donors (Lipinski definition) is 1. The minimum Gasteiger partial charge on any atom is -0.468 e. The van der Waals surface area contributed by atoms with Crippen molar-refractivity contribution in [2.24, 2.45) is 12.8 Å². The number of methoxy groups -OCH3 is 1. The van der Waals surface area contributed by atoms with Gasteiger partial charge in [0.25, 0.3) is 0 Å². The summed E-state index contributed by atoms with van der Waals surface area (Å²) in [6, 6.07) is 0.292. The number of nitrogens with zero attached hydrogens (tertiary/aromatic N) is 3. The van der Waals surface area contributed by atoms with Crippen molar-refractivity contribution in [3.8, 4) is 0 Å². The molecule has 2 N–H and O–H groups in total. The van der Waals surface area contributed by atoms with E-state index in [1.807, 2.05) is 24.9 Å². The molecule has 0 aromatic carbocycles. The van der Waals surface area contributed by atoms with Gasteiger partial charge < -0.3 is 15.0 Å². The second-order valence-electron chi connectivity index (χ2n) is 5.41. The Hall–Kier alpha value is -1.40. The molecule has 2 atom stereocenters. The average molecular weight is 266 g/mol. The van der Waals surface area contributed by atoms with Crippen LogP contribution < -0.4 is 5.73 Å². The summed E-state index contributed by atoms with van der Waals surface area (Å²) in [7, 11) is 5.41. The molecule has 0 radical (unpaired) electrons. The SMILES string of the molecule is COC(=O)C1(N)CCC(N(C)Cc2nccn2C)C1. The molecule has 6 nitrogen and oxygen atoms in total. The average Bonchev–Trinajstić information content (AvgIpc) is 2.97. The second-order valence-corrected chi connectivity index (χ2v) is 5.41. The van der Waals surface area contributed by atoms with Crippen LogP contribution in [0.25, 0.3) is 0 Å². The van der Waals surface area contributed by atoms with Crippen LogP contribution in [0.5, 0.6) is 0 Å². The van der Waals surface area contributed by atoms with Gasteiger partial charge in [0.2, 0.25) is 0 Å². The summed E-state index contributed by atoms with van der Waals surface area (Å²) in [5, 5.41) is 0. The Morgan fingerprint density at radius 2 is 2.47 bits per heavy atom. The van der Waals surface area contributed by atoms with Crippen LogP contribution in [0.3, 0.4) is 0 Å². The molecule has 0 aliphatic heterocycles. The topological polar surface area (TPSA) is 73.4 Å². The number of ether oxygens (including phenoxy) is 1. The number of aromatic nitrogens is 2. The van der Waals surface area contributed by atoms with Crippen LogP contribution >= 0.6 is 0 Å². The molecule has 1 aromatic rings. The highest BCUT2D eigenvalue weighted by Crippen LogP contribution is 2.32. The lowest BCUT2D eigenvalue weighted by Crippen LogP contribution is -2.47. The number of esters is 1. The third-order valence-corrected chi connectivity index (χ3v) is 4.05. The molecule has 19 heavy (non-hydrogen) atoms. The van der Waals surface area contributed by atoms with E-state index in [0.29, 0.717) is 18.9 Å². The maximum Gasteiger partial charge on any atom is 0.325 e. The molecule has 1 aliphatic rings. The molecular formula is C13H22N4O2. The number of carbonyl (C=O) groups is 1. The van der Waals surface area contributed by atoms with Gasteiger partial charge in [-0.3, -0.25) is 9.69 Å². The predicted octanol–water partition coefficient (Wildman–Crippen LogP) is 0.275. The maximum absolute atomic E-state index is 11.7. The molecule has 1 aromatic heterocycles. The lowest BCUT2D eigenvalue weighted by atomic mass is 9.99. The van der Waals surface area contributed by atoms with Crippen molar-refractivity contribution in [1.82, 2.24) is 14.5 Å². The van der Waals surface area contributed by atoms with E-state index in [-0.39, 0.29) is 5.97 Å². The standard InChI is InChI=1S/C13H22N4O2/c1-16-7-6-15-11(16)9-17(2)10-4-5-13(14,8-10)12(18)19-3/h6-7,10H,4-5,8-9,14H2,1-3H3. The number of aryl methyl sites for hydroxylation is 1. The third kappa shape index (κ3) is 2.79. The summed E-state index contributed by atoms with van der Waals surface area (Å²) in [6.45, 7) is 0.755. The van der Waals surface area contributed by atoms with Crippen molar-refractivity contribution >= 4 is 5.97 Å². The van der Waals surface area contributed by atoms with E-state index in [9.17, 15) is 4.79 Å². The molecule has 0 spiro atoms. The Morgan fingerprint density at radius 1 is 1.74 bits per heavy atom. The Kier molecular flexibility index (Phi) is 3.91. The van der Waals surface area contributed by atoms with E-state index < -0.39 is 5.54 Å². The van der Waals surface area contributed by atoms with Crippen LogP contribution in [0.1, 0.15) is 25.1 Å². The summed E-state index contributed by atoms with van der Waals surface area (Å²) >= 11 is 0. The minimum absolute atomic E-state index is 0.292. The number of imidazole rings is 1. The smallest absolute Gasteiger partial charge is 0.325 e. The summed E-state index contributed by atoms with van der Waals surface area (Å²) in [4.78, 5) is 18.2. The quantitative estimate of drug-likeness (QED) is 0.792. The fourth-order valence-corrected chi connectivity index (χ4v) is 2.71. The fraction of sp³-hybridized carbons (Fsp3) is 0.692. The van der Waals surface area contributed by atoms with Crippen molar-refractivity contribution in [2.45, 2.75) is 37.4 Å². The van der Waals surface area contributed by atoms with Crippen LogP contribution in [0.4, 0.5) is 0 Å². The molecule has 1 fully saturated rings. The zero-order chi connectivity index (χ0) is 14.0. The first-order valence-electron chi connectivity index (χ1n) is 6.50.